The lowest BCUT2D eigenvalue weighted by Gasteiger charge is -2.21. The van der Waals surface area contributed by atoms with Crippen LogP contribution in [0.1, 0.15) is 44.9 Å². The number of halogens is 1. The van der Waals surface area contributed by atoms with Crippen LogP contribution < -0.4 is 10.0 Å². The summed E-state index contributed by atoms with van der Waals surface area (Å²) < 4.78 is 27.6. The van der Waals surface area contributed by atoms with Crippen LogP contribution in [0.25, 0.3) is 0 Å². The van der Waals surface area contributed by atoms with Crippen LogP contribution in [0.4, 0.5) is 5.82 Å². The van der Waals surface area contributed by atoms with E-state index < -0.39 is 10.0 Å². The molecule has 5 nitrogen and oxygen atoms in total. The summed E-state index contributed by atoms with van der Waals surface area (Å²) in [6.45, 7) is 0. The van der Waals surface area contributed by atoms with Crippen LogP contribution in [0.2, 0.25) is 5.02 Å². The van der Waals surface area contributed by atoms with Crippen LogP contribution in [0.15, 0.2) is 17.2 Å². The molecule has 0 spiro atoms. The summed E-state index contributed by atoms with van der Waals surface area (Å²) in [5.74, 6) is 0.474. The highest BCUT2D eigenvalue weighted by Gasteiger charge is 2.21. The standard InChI is InChI=1S/C14H22ClN3O2S/c1-16-14-13(15)9-12(10-17-14)21(19,20)18-11-7-5-3-2-4-6-8-11/h9-11,18H,2-8H2,1H3,(H,16,17). The molecule has 0 amide bonds. The number of sulfonamides is 1. The Bertz CT molecular complexity index is 570. The fraction of sp³-hybridized carbons (Fsp3) is 0.643. The Morgan fingerprint density at radius 3 is 2.38 bits per heavy atom. The van der Waals surface area contributed by atoms with Crippen LogP contribution in [-0.4, -0.2) is 26.5 Å². The van der Waals surface area contributed by atoms with Crippen molar-refractivity contribution in [2.24, 2.45) is 0 Å². The molecule has 1 fully saturated rings. The molecule has 118 valence electrons. The maximum atomic E-state index is 12.4. The minimum Gasteiger partial charge on any atom is -0.372 e. The molecule has 0 aromatic carbocycles. The molecule has 1 heterocycles. The Hall–Kier alpha value is -0.850. The van der Waals surface area contributed by atoms with Gasteiger partial charge in [0.05, 0.1) is 5.02 Å². The Morgan fingerprint density at radius 2 is 1.81 bits per heavy atom. The summed E-state index contributed by atoms with van der Waals surface area (Å²) in [5, 5.41) is 3.12. The van der Waals surface area contributed by atoms with Crippen molar-refractivity contribution in [2.75, 3.05) is 12.4 Å². The van der Waals surface area contributed by atoms with Crippen molar-refractivity contribution in [3.05, 3.63) is 17.3 Å². The van der Waals surface area contributed by atoms with Gasteiger partial charge in [-0.25, -0.2) is 18.1 Å². The van der Waals surface area contributed by atoms with E-state index in [2.05, 4.69) is 15.0 Å². The Morgan fingerprint density at radius 1 is 1.19 bits per heavy atom. The van der Waals surface area contributed by atoms with Gasteiger partial charge in [-0.05, 0) is 18.9 Å². The minimum absolute atomic E-state index is 0.0121. The third-order valence-electron chi connectivity index (χ3n) is 3.79. The number of rotatable bonds is 4. The highest BCUT2D eigenvalue weighted by Crippen LogP contribution is 2.23. The summed E-state index contributed by atoms with van der Waals surface area (Å²) in [5.41, 5.74) is 0. The lowest BCUT2D eigenvalue weighted by molar-refractivity contribution is 0.426. The average molecular weight is 332 g/mol. The summed E-state index contributed by atoms with van der Waals surface area (Å²) in [6, 6.07) is 1.45. The number of hydrogen-bond acceptors (Lipinski definition) is 4. The SMILES string of the molecule is CNc1ncc(S(=O)(=O)NC2CCCCCCC2)cc1Cl. The van der Waals surface area contributed by atoms with Gasteiger partial charge in [-0.1, -0.05) is 43.7 Å². The zero-order chi connectivity index (χ0) is 15.3. The third kappa shape index (κ3) is 4.56. The average Bonchev–Trinajstić information content (AvgIpc) is 2.41. The van der Waals surface area contributed by atoms with E-state index in [0.29, 0.717) is 10.8 Å². The molecule has 1 saturated carbocycles. The molecule has 1 aromatic rings. The quantitative estimate of drug-likeness (QED) is 0.889. The molecule has 2 rings (SSSR count). The lowest BCUT2D eigenvalue weighted by Crippen LogP contribution is -2.35. The topological polar surface area (TPSA) is 71.1 Å². The van der Waals surface area contributed by atoms with Crippen LogP contribution in [0, 0.1) is 0 Å². The van der Waals surface area contributed by atoms with Gasteiger partial charge in [0.2, 0.25) is 10.0 Å². The van der Waals surface area contributed by atoms with E-state index in [0.717, 1.165) is 25.7 Å². The van der Waals surface area contributed by atoms with Gasteiger partial charge in [-0.2, -0.15) is 0 Å². The normalized spacial score (nSPS) is 18.0. The molecule has 1 aromatic heterocycles. The summed E-state index contributed by atoms with van der Waals surface area (Å²) in [7, 11) is -1.87. The first-order valence-electron chi connectivity index (χ1n) is 7.38. The first kappa shape index (κ1) is 16.5. The van der Waals surface area contributed by atoms with Gasteiger partial charge in [-0.15, -0.1) is 0 Å². The fourth-order valence-electron chi connectivity index (χ4n) is 2.61. The monoisotopic (exact) mass is 331 g/mol. The molecule has 21 heavy (non-hydrogen) atoms. The Kier molecular flexibility index (Phi) is 5.84. The van der Waals surface area contributed by atoms with E-state index in [9.17, 15) is 8.42 Å². The highest BCUT2D eigenvalue weighted by atomic mass is 35.5. The van der Waals surface area contributed by atoms with E-state index >= 15 is 0 Å². The zero-order valence-corrected chi connectivity index (χ0v) is 13.8. The van der Waals surface area contributed by atoms with Gasteiger partial charge in [0.25, 0.3) is 0 Å². The highest BCUT2D eigenvalue weighted by molar-refractivity contribution is 7.89. The molecule has 0 bridgehead atoms. The smallest absolute Gasteiger partial charge is 0.242 e. The third-order valence-corrected chi connectivity index (χ3v) is 5.57. The first-order chi connectivity index (χ1) is 10.0. The Balaban J connectivity index is 2.11. The molecule has 0 atom stereocenters. The molecular weight excluding hydrogens is 310 g/mol. The molecule has 0 aliphatic heterocycles. The van der Waals surface area contributed by atoms with E-state index in [1.54, 1.807) is 7.05 Å². The molecule has 0 saturated heterocycles. The second-order valence-electron chi connectivity index (χ2n) is 5.41. The van der Waals surface area contributed by atoms with Crippen LogP contribution in [0.5, 0.6) is 0 Å². The maximum absolute atomic E-state index is 12.4. The fourth-order valence-corrected chi connectivity index (χ4v) is 4.21. The van der Waals surface area contributed by atoms with Gasteiger partial charge in [0.1, 0.15) is 10.7 Å². The van der Waals surface area contributed by atoms with Gasteiger partial charge in [0, 0.05) is 19.3 Å². The van der Waals surface area contributed by atoms with E-state index in [1.165, 1.54) is 31.5 Å². The molecular formula is C14H22ClN3O2S. The van der Waals surface area contributed by atoms with Crippen LogP contribution >= 0.6 is 11.6 Å². The second-order valence-corrected chi connectivity index (χ2v) is 7.54. The summed E-state index contributed by atoms with van der Waals surface area (Å²) >= 11 is 6.01. The Labute approximate surface area is 131 Å². The van der Waals surface area contributed by atoms with Crippen molar-refractivity contribution in [2.45, 2.75) is 55.9 Å². The predicted octanol–water partition coefficient (Wildman–Crippen LogP) is 3.17. The molecule has 7 heteroatoms. The van der Waals surface area contributed by atoms with Gasteiger partial charge < -0.3 is 5.32 Å². The van der Waals surface area contributed by atoms with E-state index in [1.807, 2.05) is 0 Å². The van der Waals surface area contributed by atoms with Gasteiger partial charge >= 0.3 is 0 Å². The van der Waals surface area contributed by atoms with Crippen molar-refractivity contribution >= 4 is 27.4 Å². The largest absolute Gasteiger partial charge is 0.372 e. The van der Waals surface area contributed by atoms with Crippen molar-refractivity contribution in [3.63, 3.8) is 0 Å². The van der Waals surface area contributed by atoms with E-state index in [-0.39, 0.29) is 10.9 Å². The van der Waals surface area contributed by atoms with Crippen molar-refractivity contribution in [1.29, 1.82) is 0 Å². The molecule has 1 aliphatic rings. The maximum Gasteiger partial charge on any atom is 0.242 e. The second kappa shape index (κ2) is 7.42. The van der Waals surface area contributed by atoms with Crippen LogP contribution in [-0.2, 0) is 10.0 Å². The molecule has 2 N–H and O–H groups in total. The van der Waals surface area contributed by atoms with Crippen molar-refractivity contribution in [1.82, 2.24) is 9.71 Å². The summed E-state index contributed by atoms with van der Waals surface area (Å²) in [4.78, 5) is 4.15. The number of pyridine rings is 1. The number of hydrogen-bond donors (Lipinski definition) is 2. The van der Waals surface area contributed by atoms with E-state index in [4.69, 9.17) is 11.6 Å². The molecule has 0 radical (unpaired) electrons. The first-order valence-corrected chi connectivity index (χ1v) is 9.24. The predicted molar refractivity (Wildman–Crippen MR) is 85.2 cm³/mol. The lowest BCUT2D eigenvalue weighted by atomic mass is 9.97. The summed E-state index contributed by atoms with van der Waals surface area (Å²) in [6.07, 6.45) is 8.90. The van der Waals surface area contributed by atoms with Gasteiger partial charge in [0.15, 0.2) is 0 Å². The number of nitrogens with one attached hydrogen (secondary N) is 2. The zero-order valence-electron chi connectivity index (χ0n) is 12.2. The van der Waals surface area contributed by atoms with Gasteiger partial charge in [-0.3, -0.25) is 0 Å². The molecule has 0 unspecified atom stereocenters. The minimum atomic E-state index is -3.56. The number of nitrogens with zero attached hydrogens (tertiary/aromatic N) is 1. The van der Waals surface area contributed by atoms with Crippen molar-refractivity contribution < 1.29 is 8.42 Å². The molecule has 1 aliphatic carbocycles. The number of aromatic nitrogens is 1. The van der Waals surface area contributed by atoms with Crippen molar-refractivity contribution in [3.8, 4) is 0 Å². The van der Waals surface area contributed by atoms with Crippen LogP contribution in [0.3, 0.4) is 0 Å². The number of anilines is 1.